The van der Waals surface area contributed by atoms with Crippen LogP contribution in [0.5, 0.6) is 0 Å². The summed E-state index contributed by atoms with van der Waals surface area (Å²) in [7, 11) is 0. The third-order valence-electron chi connectivity index (χ3n) is 4.93. The van der Waals surface area contributed by atoms with Crippen molar-refractivity contribution in [2.45, 2.75) is 31.0 Å². The quantitative estimate of drug-likeness (QED) is 0.508. The summed E-state index contributed by atoms with van der Waals surface area (Å²) in [4.78, 5) is 24.9. The molecular formula is C16H22ClN5O2. The number of benzene rings is 1. The number of rotatable bonds is 4. The normalized spacial score (nSPS) is 28.7. The Hall–Kier alpha value is -1.67. The smallest absolute Gasteiger partial charge is 0.247 e. The molecule has 1 aromatic rings. The lowest BCUT2D eigenvalue weighted by atomic mass is 9.87. The van der Waals surface area contributed by atoms with Crippen molar-refractivity contribution in [2.24, 2.45) is 11.7 Å². The zero-order chi connectivity index (χ0) is 17.3. The van der Waals surface area contributed by atoms with Crippen molar-refractivity contribution in [3.63, 3.8) is 0 Å². The molecule has 0 spiro atoms. The number of primary amides is 1. The van der Waals surface area contributed by atoms with Gasteiger partial charge in [0.2, 0.25) is 11.8 Å². The lowest BCUT2D eigenvalue weighted by Crippen LogP contribution is -2.58. The van der Waals surface area contributed by atoms with Crippen molar-refractivity contribution in [1.29, 1.82) is 0 Å². The third kappa shape index (κ3) is 3.12. The van der Waals surface area contributed by atoms with Gasteiger partial charge in [0.05, 0.1) is 0 Å². The minimum absolute atomic E-state index is 0.121. The van der Waals surface area contributed by atoms with E-state index in [0.717, 1.165) is 19.5 Å². The Morgan fingerprint density at radius 3 is 2.88 bits per heavy atom. The van der Waals surface area contributed by atoms with Crippen LogP contribution in [0.2, 0.25) is 5.02 Å². The van der Waals surface area contributed by atoms with Crippen LogP contribution in [-0.2, 0) is 15.1 Å². The number of carbonyl (C=O) groups excluding carboxylic acids is 2. The number of carbonyl (C=O) groups is 2. The Labute approximate surface area is 145 Å². The lowest BCUT2D eigenvalue weighted by Gasteiger charge is -2.32. The SMILES string of the molecule is CC(NC(=O)C1NNC2CCNCC21)(C(N)=O)c1cccc(Cl)c1. The number of nitrogens with two attached hydrogens (primary N) is 1. The fourth-order valence-corrected chi connectivity index (χ4v) is 3.57. The fourth-order valence-electron chi connectivity index (χ4n) is 3.38. The van der Waals surface area contributed by atoms with Gasteiger partial charge in [0.1, 0.15) is 11.6 Å². The summed E-state index contributed by atoms with van der Waals surface area (Å²) in [5.74, 6) is -0.780. The van der Waals surface area contributed by atoms with Crippen LogP contribution in [0.4, 0.5) is 0 Å². The Morgan fingerprint density at radius 2 is 2.17 bits per heavy atom. The molecule has 0 aromatic heterocycles. The van der Waals surface area contributed by atoms with E-state index < -0.39 is 17.5 Å². The van der Waals surface area contributed by atoms with Gasteiger partial charge in [-0.2, -0.15) is 0 Å². The fraction of sp³-hybridized carbons (Fsp3) is 0.500. The summed E-state index contributed by atoms with van der Waals surface area (Å²) >= 11 is 6.01. The van der Waals surface area contributed by atoms with Gasteiger partial charge in [0.25, 0.3) is 0 Å². The topological polar surface area (TPSA) is 108 Å². The molecule has 2 aliphatic heterocycles. The molecule has 3 rings (SSSR count). The van der Waals surface area contributed by atoms with Gasteiger partial charge in [-0.3, -0.25) is 15.0 Å². The van der Waals surface area contributed by atoms with Crippen molar-refractivity contribution in [1.82, 2.24) is 21.5 Å². The second kappa shape index (κ2) is 6.68. The van der Waals surface area contributed by atoms with Crippen molar-refractivity contribution in [3.8, 4) is 0 Å². The van der Waals surface area contributed by atoms with Crippen LogP contribution in [0, 0.1) is 5.92 Å². The van der Waals surface area contributed by atoms with E-state index in [1.54, 1.807) is 31.2 Å². The maximum atomic E-state index is 12.8. The second-order valence-electron chi connectivity index (χ2n) is 6.52. The van der Waals surface area contributed by atoms with E-state index >= 15 is 0 Å². The number of fused-ring (bicyclic) bond motifs is 1. The first-order valence-corrected chi connectivity index (χ1v) is 8.39. The molecule has 6 N–H and O–H groups in total. The summed E-state index contributed by atoms with van der Waals surface area (Å²) in [5.41, 5.74) is 11.0. The molecule has 24 heavy (non-hydrogen) atoms. The highest BCUT2D eigenvalue weighted by Crippen LogP contribution is 2.25. The molecule has 2 aliphatic rings. The standard InChI is InChI=1S/C16H22ClN5O2/c1-16(15(18)24,9-3-2-4-10(17)7-9)20-14(23)13-11-8-19-6-5-12(11)21-22-13/h2-4,7,11-13,19,21-22H,5-6,8H2,1H3,(H2,18,24)(H,20,23). The summed E-state index contributed by atoms with van der Waals surface area (Å²) in [6, 6.07) is 6.60. The van der Waals surface area contributed by atoms with Crippen LogP contribution >= 0.6 is 11.6 Å². The average Bonchev–Trinajstić information content (AvgIpc) is 2.98. The van der Waals surface area contributed by atoms with E-state index in [4.69, 9.17) is 17.3 Å². The summed E-state index contributed by atoms with van der Waals surface area (Å²) in [6.07, 6.45) is 0.947. The average molecular weight is 352 g/mol. The maximum absolute atomic E-state index is 12.8. The Morgan fingerprint density at radius 1 is 1.38 bits per heavy atom. The highest BCUT2D eigenvalue weighted by molar-refractivity contribution is 6.30. The zero-order valence-corrected chi connectivity index (χ0v) is 14.2. The molecule has 7 nitrogen and oxygen atoms in total. The summed E-state index contributed by atoms with van der Waals surface area (Å²) in [5, 5.41) is 6.58. The molecule has 0 bridgehead atoms. The zero-order valence-electron chi connectivity index (χ0n) is 13.4. The minimum atomic E-state index is -1.33. The van der Waals surface area contributed by atoms with Crippen molar-refractivity contribution in [2.75, 3.05) is 13.1 Å². The second-order valence-corrected chi connectivity index (χ2v) is 6.95. The molecule has 2 saturated heterocycles. The predicted octanol–water partition coefficient (Wildman–Crippen LogP) is -0.389. The van der Waals surface area contributed by atoms with Crippen LogP contribution in [-0.4, -0.2) is 37.0 Å². The third-order valence-corrected chi connectivity index (χ3v) is 5.17. The molecule has 0 saturated carbocycles. The molecule has 4 atom stereocenters. The summed E-state index contributed by atoms with van der Waals surface area (Å²) < 4.78 is 0. The highest BCUT2D eigenvalue weighted by Gasteiger charge is 2.44. The van der Waals surface area contributed by atoms with Crippen LogP contribution < -0.4 is 27.2 Å². The van der Waals surface area contributed by atoms with Gasteiger partial charge >= 0.3 is 0 Å². The molecule has 2 amide bonds. The van der Waals surface area contributed by atoms with Gasteiger partial charge in [0.15, 0.2) is 0 Å². The van der Waals surface area contributed by atoms with Crippen molar-refractivity contribution >= 4 is 23.4 Å². The number of hydrazine groups is 1. The maximum Gasteiger partial charge on any atom is 0.247 e. The number of nitrogens with one attached hydrogen (secondary N) is 4. The van der Waals surface area contributed by atoms with E-state index in [2.05, 4.69) is 21.5 Å². The first kappa shape index (κ1) is 17.2. The van der Waals surface area contributed by atoms with E-state index in [0.29, 0.717) is 10.6 Å². The molecule has 130 valence electrons. The minimum Gasteiger partial charge on any atom is -0.367 e. The molecular weight excluding hydrogens is 330 g/mol. The molecule has 8 heteroatoms. The van der Waals surface area contributed by atoms with Gasteiger partial charge in [0, 0.05) is 23.5 Å². The van der Waals surface area contributed by atoms with Crippen LogP contribution in [0.1, 0.15) is 18.9 Å². The first-order valence-electron chi connectivity index (χ1n) is 8.01. The molecule has 1 aromatic carbocycles. The van der Waals surface area contributed by atoms with Gasteiger partial charge in [-0.05, 0) is 37.6 Å². The number of hydrogen-bond acceptors (Lipinski definition) is 5. The lowest BCUT2D eigenvalue weighted by molar-refractivity contribution is -0.132. The Kier molecular flexibility index (Phi) is 4.78. The molecule has 2 fully saturated rings. The largest absolute Gasteiger partial charge is 0.367 e. The van der Waals surface area contributed by atoms with Crippen molar-refractivity contribution < 1.29 is 9.59 Å². The number of hydrogen-bond donors (Lipinski definition) is 5. The Balaban J connectivity index is 1.81. The predicted molar refractivity (Wildman–Crippen MR) is 91.0 cm³/mol. The van der Waals surface area contributed by atoms with Crippen molar-refractivity contribution in [3.05, 3.63) is 34.9 Å². The first-order chi connectivity index (χ1) is 11.4. The van der Waals surface area contributed by atoms with E-state index in [-0.39, 0.29) is 17.9 Å². The monoisotopic (exact) mass is 351 g/mol. The Bertz CT molecular complexity index is 655. The molecule has 4 unspecified atom stereocenters. The van der Waals surface area contributed by atoms with Crippen LogP contribution in [0.15, 0.2) is 24.3 Å². The number of piperidine rings is 1. The van der Waals surface area contributed by atoms with E-state index in [1.165, 1.54) is 0 Å². The van der Waals surface area contributed by atoms with E-state index in [1.807, 2.05) is 0 Å². The van der Waals surface area contributed by atoms with Gasteiger partial charge in [-0.25, -0.2) is 5.43 Å². The molecule has 2 heterocycles. The van der Waals surface area contributed by atoms with Gasteiger partial charge in [-0.1, -0.05) is 23.7 Å². The number of halogens is 1. The molecule has 0 radical (unpaired) electrons. The van der Waals surface area contributed by atoms with Crippen LogP contribution in [0.25, 0.3) is 0 Å². The number of amides is 2. The molecule has 0 aliphatic carbocycles. The van der Waals surface area contributed by atoms with Crippen LogP contribution in [0.3, 0.4) is 0 Å². The van der Waals surface area contributed by atoms with E-state index in [9.17, 15) is 9.59 Å². The highest BCUT2D eigenvalue weighted by atomic mass is 35.5. The van der Waals surface area contributed by atoms with Gasteiger partial charge in [-0.15, -0.1) is 0 Å². The summed E-state index contributed by atoms with van der Waals surface area (Å²) in [6.45, 7) is 3.26. The van der Waals surface area contributed by atoms with Gasteiger partial charge < -0.3 is 16.4 Å².